The van der Waals surface area contributed by atoms with Crippen molar-refractivity contribution in [3.05, 3.63) is 28.3 Å². The van der Waals surface area contributed by atoms with Gasteiger partial charge in [0, 0.05) is 32.2 Å². The first-order valence-electron chi connectivity index (χ1n) is 7.02. The Balaban J connectivity index is 0.00000242. The number of nitro groups is 1. The SMILES string of the molecule is COc1ccc(OCCN2CCNC[C@H]2C)c([N+](=O)[O-])c1.Cl. The van der Waals surface area contributed by atoms with Gasteiger partial charge in [0.1, 0.15) is 12.4 Å². The predicted octanol–water partition coefficient (Wildman–Crippen LogP) is 1.70. The summed E-state index contributed by atoms with van der Waals surface area (Å²) in [6, 6.07) is 5.07. The van der Waals surface area contributed by atoms with Crippen LogP contribution in [0.2, 0.25) is 0 Å². The molecule has 1 aromatic rings. The lowest BCUT2D eigenvalue weighted by Gasteiger charge is -2.33. The van der Waals surface area contributed by atoms with Gasteiger partial charge in [-0.3, -0.25) is 15.0 Å². The summed E-state index contributed by atoms with van der Waals surface area (Å²) in [5.74, 6) is 0.730. The second kappa shape index (κ2) is 8.77. The molecule has 0 bridgehead atoms. The summed E-state index contributed by atoms with van der Waals surface area (Å²) in [5.41, 5.74) is -0.0669. The first kappa shape index (κ1) is 18.5. The third kappa shape index (κ3) is 4.72. The van der Waals surface area contributed by atoms with E-state index in [2.05, 4.69) is 17.1 Å². The molecule has 1 atom stereocenters. The summed E-state index contributed by atoms with van der Waals surface area (Å²) in [6.45, 7) is 6.23. The van der Waals surface area contributed by atoms with Crippen molar-refractivity contribution in [2.45, 2.75) is 13.0 Å². The van der Waals surface area contributed by atoms with E-state index in [0.717, 1.165) is 26.2 Å². The molecule has 1 aliphatic heterocycles. The van der Waals surface area contributed by atoms with Crippen molar-refractivity contribution in [2.75, 3.05) is 39.9 Å². The van der Waals surface area contributed by atoms with Crippen LogP contribution in [-0.4, -0.2) is 55.8 Å². The number of nitrogens with zero attached hydrogens (tertiary/aromatic N) is 2. The summed E-state index contributed by atoms with van der Waals surface area (Å²) < 4.78 is 10.6. The van der Waals surface area contributed by atoms with E-state index >= 15 is 0 Å². The molecule has 2 rings (SSSR count). The first-order valence-corrected chi connectivity index (χ1v) is 7.02. The van der Waals surface area contributed by atoms with Crippen LogP contribution in [0.1, 0.15) is 6.92 Å². The zero-order valence-electron chi connectivity index (χ0n) is 12.8. The highest BCUT2D eigenvalue weighted by Gasteiger charge is 2.19. The Hall–Kier alpha value is -1.57. The van der Waals surface area contributed by atoms with Gasteiger partial charge in [0.05, 0.1) is 18.1 Å². The van der Waals surface area contributed by atoms with Crippen molar-refractivity contribution < 1.29 is 14.4 Å². The number of rotatable bonds is 6. The zero-order chi connectivity index (χ0) is 15.2. The standard InChI is InChI=1S/C14H21N3O4.ClH/c1-11-10-15-5-6-16(11)7-8-21-14-4-3-12(20-2)9-13(14)17(18)19;/h3-4,9,11,15H,5-8,10H2,1-2H3;1H/t11-;/m1./s1. The van der Waals surface area contributed by atoms with Crippen LogP contribution in [0.4, 0.5) is 5.69 Å². The fourth-order valence-electron chi connectivity index (χ4n) is 2.38. The van der Waals surface area contributed by atoms with Crippen molar-refractivity contribution in [1.29, 1.82) is 0 Å². The summed E-state index contributed by atoms with van der Waals surface area (Å²) >= 11 is 0. The number of benzene rings is 1. The highest BCUT2D eigenvalue weighted by Crippen LogP contribution is 2.30. The maximum Gasteiger partial charge on any atom is 0.314 e. The van der Waals surface area contributed by atoms with E-state index in [4.69, 9.17) is 9.47 Å². The van der Waals surface area contributed by atoms with Gasteiger partial charge in [-0.15, -0.1) is 12.4 Å². The molecule has 0 amide bonds. The van der Waals surface area contributed by atoms with E-state index < -0.39 is 4.92 Å². The van der Waals surface area contributed by atoms with Crippen molar-refractivity contribution in [3.63, 3.8) is 0 Å². The van der Waals surface area contributed by atoms with Gasteiger partial charge < -0.3 is 14.8 Å². The number of nitrogens with one attached hydrogen (secondary N) is 1. The molecule has 1 aliphatic rings. The maximum absolute atomic E-state index is 11.1. The number of hydrogen-bond acceptors (Lipinski definition) is 6. The normalized spacial score (nSPS) is 18.4. The van der Waals surface area contributed by atoms with E-state index in [1.165, 1.54) is 13.2 Å². The molecular weight excluding hydrogens is 310 g/mol. The largest absolute Gasteiger partial charge is 0.496 e. The van der Waals surface area contributed by atoms with E-state index in [1.54, 1.807) is 12.1 Å². The fraction of sp³-hybridized carbons (Fsp3) is 0.571. The topological polar surface area (TPSA) is 76.9 Å². The minimum atomic E-state index is -0.453. The van der Waals surface area contributed by atoms with Gasteiger partial charge in [0.2, 0.25) is 0 Å². The summed E-state index contributed by atoms with van der Waals surface area (Å²) in [4.78, 5) is 12.9. The molecule has 0 unspecified atom stereocenters. The lowest BCUT2D eigenvalue weighted by atomic mass is 10.2. The maximum atomic E-state index is 11.1. The van der Waals surface area contributed by atoms with Crippen molar-refractivity contribution in [3.8, 4) is 11.5 Å². The third-order valence-corrected chi connectivity index (χ3v) is 3.64. The lowest BCUT2D eigenvalue weighted by molar-refractivity contribution is -0.385. The number of hydrogen-bond donors (Lipinski definition) is 1. The molecule has 1 fully saturated rings. The minimum Gasteiger partial charge on any atom is -0.496 e. The molecule has 0 aromatic heterocycles. The molecule has 0 radical (unpaired) electrons. The molecule has 1 saturated heterocycles. The molecule has 1 N–H and O–H groups in total. The van der Waals surface area contributed by atoms with Crippen molar-refractivity contribution in [1.82, 2.24) is 10.2 Å². The van der Waals surface area contributed by atoms with Crippen molar-refractivity contribution >= 4 is 18.1 Å². The second-order valence-electron chi connectivity index (χ2n) is 5.03. The van der Waals surface area contributed by atoms with Gasteiger partial charge in [0.25, 0.3) is 0 Å². The fourth-order valence-corrected chi connectivity index (χ4v) is 2.38. The minimum absolute atomic E-state index is 0. The smallest absolute Gasteiger partial charge is 0.314 e. The highest BCUT2D eigenvalue weighted by atomic mass is 35.5. The first-order chi connectivity index (χ1) is 10.1. The van der Waals surface area contributed by atoms with Gasteiger partial charge in [-0.25, -0.2) is 0 Å². The molecule has 22 heavy (non-hydrogen) atoms. The Morgan fingerprint density at radius 1 is 1.50 bits per heavy atom. The van der Waals surface area contributed by atoms with Gasteiger partial charge in [0.15, 0.2) is 5.75 Å². The van der Waals surface area contributed by atoms with Crippen LogP contribution in [0, 0.1) is 10.1 Å². The highest BCUT2D eigenvalue weighted by molar-refractivity contribution is 5.85. The average Bonchev–Trinajstić information content (AvgIpc) is 2.49. The second-order valence-corrected chi connectivity index (χ2v) is 5.03. The number of nitro benzene ring substituents is 1. The summed E-state index contributed by atoms with van der Waals surface area (Å²) in [7, 11) is 1.48. The molecule has 8 heteroatoms. The number of methoxy groups -OCH3 is 1. The van der Waals surface area contributed by atoms with Crippen LogP contribution in [0.15, 0.2) is 18.2 Å². The van der Waals surface area contributed by atoms with E-state index in [1.807, 2.05) is 0 Å². The average molecular weight is 332 g/mol. The number of halogens is 1. The molecule has 0 aliphatic carbocycles. The van der Waals surface area contributed by atoms with Crippen LogP contribution >= 0.6 is 12.4 Å². The van der Waals surface area contributed by atoms with Crippen LogP contribution in [-0.2, 0) is 0 Å². The van der Waals surface area contributed by atoms with Gasteiger partial charge >= 0.3 is 5.69 Å². The molecule has 1 heterocycles. The zero-order valence-corrected chi connectivity index (χ0v) is 13.6. The van der Waals surface area contributed by atoms with Crippen LogP contribution in [0.25, 0.3) is 0 Å². The Kier molecular flexibility index (Phi) is 7.37. The van der Waals surface area contributed by atoms with Crippen molar-refractivity contribution in [2.24, 2.45) is 0 Å². The van der Waals surface area contributed by atoms with Crippen LogP contribution in [0.3, 0.4) is 0 Å². The van der Waals surface area contributed by atoms with Gasteiger partial charge in [-0.2, -0.15) is 0 Å². The number of ether oxygens (including phenoxy) is 2. The Bertz CT molecular complexity index is 501. The molecule has 124 valence electrons. The Morgan fingerprint density at radius 3 is 2.91 bits per heavy atom. The summed E-state index contributed by atoms with van der Waals surface area (Å²) in [6.07, 6.45) is 0. The number of piperazine rings is 1. The predicted molar refractivity (Wildman–Crippen MR) is 86.3 cm³/mol. The van der Waals surface area contributed by atoms with E-state index in [0.29, 0.717) is 18.4 Å². The van der Waals surface area contributed by atoms with E-state index in [9.17, 15) is 10.1 Å². The quantitative estimate of drug-likeness (QED) is 0.631. The van der Waals surface area contributed by atoms with Crippen LogP contribution in [0.5, 0.6) is 11.5 Å². The van der Waals surface area contributed by atoms with Crippen LogP contribution < -0.4 is 14.8 Å². The molecular formula is C14H22ClN3O4. The Labute approximate surface area is 136 Å². The lowest BCUT2D eigenvalue weighted by Crippen LogP contribution is -2.50. The Morgan fingerprint density at radius 2 is 2.27 bits per heavy atom. The van der Waals surface area contributed by atoms with Gasteiger partial charge in [-0.05, 0) is 19.1 Å². The van der Waals surface area contributed by atoms with E-state index in [-0.39, 0.29) is 23.8 Å². The molecule has 7 nitrogen and oxygen atoms in total. The summed E-state index contributed by atoms with van der Waals surface area (Å²) in [5, 5.41) is 14.4. The molecule has 1 aromatic carbocycles. The molecule has 0 saturated carbocycles. The monoisotopic (exact) mass is 331 g/mol. The van der Waals surface area contributed by atoms with Gasteiger partial charge in [-0.1, -0.05) is 0 Å². The third-order valence-electron chi connectivity index (χ3n) is 3.64. The molecule has 0 spiro atoms.